The average molecular weight is 521 g/mol. The molecule has 2 amide bonds. The molecule has 6 rings (SSSR count). The second kappa shape index (κ2) is 11.0. The summed E-state index contributed by atoms with van der Waals surface area (Å²) in [6, 6.07) is 26.7. The summed E-state index contributed by atoms with van der Waals surface area (Å²) < 4.78 is 2.08. The van der Waals surface area contributed by atoms with Gasteiger partial charge in [-0.1, -0.05) is 73.9 Å². The van der Waals surface area contributed by atoms with E-state index in [1.54, 1.807) is 0 Å². The quantitative estimate of drug-likeness (QED) is 0.290. The zero-order chi connectivity index (χ0) is 26.8. The summed E-state index contributed by atoms with van der Waals surface area (Å²) in [5, 5.41) is 0. The third-order valence-corrected chi connectivity index (χ3v) is 8.31. The van der Waals surface area contributed by atoms with Crippen LogP contribution in [-0.4, -0.2) is 38.9 Å². The Hall–Kier alpha value is -3.93. The minimum Gasteiger partial charge on any atom is -0.334 e. The highest BCUT2D eigenvalue weighted by atomic mass is 16.2. The SMILES string of the molecule is Cc1cccc(N2CC(c3nc4ccccc4n3CC(=O)N(Cc3ccccc3)C3CCCCC3)CC2=O)c1. The molecule has 1 saturated heterocycles. The largest absolute Gasteiger partial charge is 0.334 e. The lowest BCUT2D eigenvalue weighted by Crippen LogP contribution is -2.42. The van der Waals surface area contributed by atoms with Crippen LogP contribution in [0.5, 0.6) is 0 Å². The molecule has 3 aromatic carbocycles. The van der Waals surface area contributed by atoms with E-state index in [9.17, 15) is 9.59 Å². The number of hydrogen-bond donors (Lipinski definition) is 0. The van der Waals surface area contributed by atoms with Gasteiger partial charge in [-0.2, -0.15) is 0 Å². The molecule has 1 atom stereocenters. The van der Waals surface area contributed by atoms with E-state index < -0.39 is 0 Å². The van der Waals surface area contributed by atoms with Crippen molar-refractivity contribution in [3.8, 4) is 0 Å². The van der Waals surface area contributed by atoms with Crippen LogP contribution < -0.4 is 4.90 Å². The summed E-state index contributed by atoms with van der Waals surface area (Å²) in [5.74, 6) is 0.977. The first kappa shape index (κ1) is 25.4. The summed E-state index contributed by atoms with van der Waals surface area (Å²) in [6.45, 7) is 3.46. The summed E-state index contributed by atoms with van der Waals surface area (Å²) in [5.41, 5.74) is 5.03. The lowest BCUT2D eigenvalue weighted by Gasteiger charge is -2.35. The number of aryl methyl sites for hydroxylation is 1. The van der Waals surface area contributed by atoms with Crippen LogP contribution in [0.25, 0.3) is 11.0 Å². The predicted molar refractivity (Wildman–Crippen MR) is 154 cm³/mol. The molecule has 2 fully saturated rings. The minimum absolute atomic E-state index is 0.0736. The first-order chi connectivity index (χ1) is 19.1. The third-order valence-electron chi connectivity index (χ3n) is 8.31. The van der Waals surface area contributed by atoms with Gasteiger partial charge in [0.15, 0.2) is 0 Å². The smallest absolute Gasteiger partial charge is 0.243 e. The standard InChI is InChI=1S/C33H36N4O2/c1-24-11-10-16-28(19-24)36-22-26(20-31(36)38)33-34-29-17-8-9-18-30(29)37(33)23-32(39)35(27-14-6-3-7-15-27)21-25-12-4-2-5-13-25/h2,4-5,8-13,16-19,26-27H,3,6-7,14-15,20-23H2,1H3. The van der Waals surface area contributed by atoms with Crippen molar-refractivity contribution in [2.45, 2.75) is 70.5 Å². The molecule has 2 heterocycles. The van der Waals surface area contributed by atoms with Gasteiger partial charge in [-0.15, -0.1) is 0 Å². The molecule has 2 aliphatic rings. The van der Waals surface area contributed by atoms with Crippen molar-refractivity contribution >= 4 is 28.5 Å². The van der Waals surface area contributed by atoms with Crippen molar-refractivity contribution in [2.75, 3.05) is 11.4 Å². The van der Waals surface area contributed by atoms with Gasteiger partial charge in [0.1, 0.15) is 12.4 Å². The van der Waals surface area contributed by atoms with Gasteiger partial charge < -0.3 is 14.4 Å². The highest BCUT2D eigenvalue weighted by molar-refractivity contribution is 5.96. The number of nitrogens with zero attached hydrogens (tertiary/aromatic N) is 4. The Kier molecular flexibility index (Phi) is 7.18. The van der Waals surface area contributed by atoms with Crippen LogP contribution in [-0.2, 0) is 22.7 Å². The molecule has 1 saturated carbocycles. The molecule has 4 aromatic rings. The van der Waals surface area contributed by atoms with E-state index in [4.69, 9.17) is 4.98 Å². The van der Waals surface area contributed by atoms with Gasteiger partial charge in [-0.05, 0) is 55.2 Å². The summed E-state index contributed by atoms with van der Waals surface area (Å²) >= 11 is 0. The normalized spacial score (nSPS) is 18.1. The van der Waals surface area contributed by atoms with E-state index in [1.807, 2.05) is 72.5 Å². The lowest BCUT2D eigenvalue weighted by atomic mass is 9.93. The molecular formula is C33H36N4O2. The number of amides is 2. The fraction of sp³-hybridized carbons (Fsp3) is 0.364. The van der Waals surface area contributed by atoms with E-state index in [1.165, 1.54) is 19.3 Å². The van der Waals surface area contributed by atoms with Crippen molar-refractivity contribution in [1.82, 2.24) is 14.5 Å². The van der Waals surface area contributed by atoms with Crippen LogP contribution in [0, 0.1) is 6.92 Å². The van der Waals surface area contributed by atoms with Crippen molar-refractivity contribution in [3.63, 3.8) is 0 Å². The Bertz CT molecular complexity index is 1470. The Morgan fingerprint density at radius 1 is 0.949 bits per heavy atom. The number of carbonyl (C=O) groups excluding carboxylic acids is 2. The Morgan fingerprint density at radius 2 is 1.72 bits per heavy atom. The molecule has 0 N–H and O–H groups in total. The fourth-order valence-corrected chi connectivity index (χ4v) is 6.32. The van der Waals surface area contributed by atoms with Gasteiger partial charge in [0.25, 0.3) is 0 Å². The van der Waals surface area contributed by atoms with Crippen molar-refractivity contribution in [3.05, 3.63) is 95.8 Å². The average Bonchev–Trinajstić information content (AvgIpc) is 3.53. The van der Waals surface area contributed by atoms with Gasteiger partial charge in [-0.25, -0.2) is 4.98 Å². The van der Waals surface area contributed by atoms with Crippen LogP contribution in [0.1, 0.15) is 61.4 Å². The lowest BCUT2D eigenvalue weighted by molar-refractivity contribution is -0.135. The predicted octanol–water partition coefficient (Wildman–Crippen LogP) is 6.23. The summed E-state index contributed by atoms with van der Waals surface area (Å²) in [6.07, 6.45) is 6.08. The number of benzene rings is 3. The number of hydrogen-bond acceptors (Lipinski definition) is 3. The van der Waals surface area contributed by atoms with Gasteiger partial charge >= 0.3 is 0 Å². The summed E-state index contributed by atoms with van der Waals surface area (Å²) in [4.78, 5) is 36.2. The summed E-state index contributed by atoms with van der Waals surface area (Å²) in [7, 11) is 0. The fourth-order valence-electron chi connectivity index (χ4n) is 6.32. The molecule has 1 aromatic heterocycles. The van der Waals surface area contributed by atoms with Crippen LogP contribution >= 0.6 is 0 Å². The molecule has 0 radical (unpaired) electrons. The number of fused-ring (bicyclic) bond motifs is 1. The van der Waals surface area contributed by atoms with Crippen LogP contribution in [0.3, 0.4) is 0 Å². The van der Waals surface area contributed by atoms with E-state index >= 15 is 0 Å². The first-order valence-corrected chi connectivity index (χ1v) is 14.2. The topological polar surface area (TPSA) is 58.4 Å². The van der Waals surface area contributed by atoms with Crippen LogP contribution in [0.4, 0.5) is 5.69 Å². The zero-order valence-electron chi connectivity index (χ0n) is 22.6. The molecule has 6 nitrogen and oxygen atoms in total. The maximum absolute atomic E-state index is 14.1. The number of anilines is 1. The Morgan fingerprint density at radius 3 is 2.51 bits per heavy atom. The van der Waals surface area contributed by atoms with Gasteiger partial charge in [0.05, 0.1) is 11.0 Å². The third kappa shape index (κ3) is 5.33. The van der Waals surface area contributed by atoms with Crippen molar-refractivity contribution in [2.24, 2.45) is 0 Å². The van der Waals surface area contributed by atoms with E-state index in [0.717, 1.165) is 46.5 Å². The van der Waals surface area contributed by atoms with E-state index in [-0.39, 0.29) is 30.3 Å². The number of imidazole rings is 1. The van der Waals surface area contributed by atoms with Crippen LogP contribution in [0.2, 0.25) is 0 Å². The number of para-hydroxylation sites is 2. The van der Waals surface area contributed by atoms with Gasteiger partial charge in [0.2, 0.25) is 11.8 Å². The molecule has 0 spiro atoms. The van der Waals surface area contributed by atoms with Gasteiger partial charge in [-0.3, -0.25) is 9.59 Å². The van der Waals surface area contributed by atoms with Crippen molar-refractivity contribution < 1.29 is 9.59 Å². The monoisotopic (exact) mass is 520 g/mol. The Labute approximate surface area is 230 Å². The molecule has 0 bridgehead atoms. The second-order valence-electron chi connectivity index (χ2n) is 11.1. The maximum atomic E-state index is 14.1. The number of rotatable bonds is 7. The molecule has 39 heavy (non-hydrogen) atoms. The number of aromatic nitrogens is 2. The van der Waals surface area contributed by atoms with E-state index in [0.29, 0.717) is 19.5 Å². The maximum Gasteiger partial charge on any atom is 0.243 e. The minimum atomic E-state index is -0.0736. The molecule has 1 aliphatic heterocycles. The molecule has 1 unspecified atom stereocenters. The van der Waals surface area contributed by atoms with E-state index in [2.05, 4.69) is 27.7 Å². The molecule has 1 aliphatic carbocycles. The second-order valence-corrected chi connectivity index (χ2v) is 11.1. The van der Waals surface area contributed by atoms with Gasteiger partial charge in [0, 0.05) is 37.2 Å². The Balaban J connectivity index is 1.31. The first-order valence-electron chi connectivity index (χ1n) is 14.2. The van der Waals surface area contributed by atoms with Crippen molar-refractivity contribution in [1.29, 1.82) is 0 Å². The highest BCUT2D eigenvalue weighted by Gasteiger charge is 2.36. The molecular weight excluding hydrogens is 484 g/mol. The van der Waals surface area contributed by atoms with Crippen LogP contribution in [0.15, 0.2) is 78.9 Å². The molecule has 6 heteroatoms. The number of carbonyl (C=O) groups is 2. The highest BCUT2D eigenvalue weighted by Crippen LogP contribution is 2.34. The molecule has 200 valence electrons. The zero-order valence-corrected chi connectivity index (χ0v) is 22.6.